The molecule has 0 aliphatic carbocycles. The number of ether oxygens (including phenoxy) is 1. The fraction of sp³-hybridized carbons (Fsp3) is 0.132. The number of furan rings is 1. The summed E-state index contributed by atoms with van der Waals surface area (Å²) in [6.45, 7) is 1.32. The van der Waals surface area contributed by atoms with Crippen LogP contribution in [0.25, 0.3) is 21.3 Å². The summed E-state index contributed by atoms with van der Waals surface area (Å²) in [7, 11) is 4.20. The Kier molecular flexibility index (Phi) is 45.3. The summed E-state index contributed by atoms with van der Waals surface area (Å²) >= 11 is 30.8. The van der Waals surface area contributed by atoms with Crippen molar-refractivity contribution in [2.24, 2.45) is 0 Å². The van der Waals surface area contributed by atoms with Crippen molar-refractivity contribution in [2.45, 2.75) is 34.1 Å². The summed E-state index contributed by atoms with van der Waals surface area (Å²) in [4.78, 5) is 25.8. The minimum absolute atomic E-state index is 0. The van der Waals surface area contributed by atoms with Gasteiger partial charge in [-0.05, 0) is 98.8 Å². The minimum Gasteiger partial charge on any atom is 2.00 e. The maximum Gasteiger partial charge on any atom is 2.00 e. The molecule has 0 fully saturated rings. The third-order valence-corrected chi connectivity index (χ3v) is 8.87. The van der Waals surface area contributed by atoms with E-state index in [2.05, 4.69) is 41.1 Å². The number of rotatable bonds is 2. The monoisotopic (exact) mass is 1300 g/mol. The first-order chi connectivity index (χ1) is 27.9. The minimum atomic E-state index is -4.76. The van der Waals surface area contributed by atoms with Crippen molar-refractivity contribution in [2.75, 3.05) is 0 Å². The van der Waals surface area contributed by atoms with E-state index in [4.69, 9.17) is 66.7 Å². The molecule has 3 aromatic carbocycles. The van der Waals surface area contributed by atoms with Crippen LogP contribution in [-0.2, 0) is 74.2 Å². The zero-order valence-electron chi connectivity index (χ0n) is 29.2. The molecular weight excluding hydrogens is 1280 g/mol. The number of aromatic hydroxyl groups is 1. The molecule has 0 saturated heterocycles. The molecule has 0 saturated carbocycles. The largest absolute Gasteiger partial charge is 2.00 e. The van der Waals surface area contributed by atoms with Gasteiger partial charge in [-0.3, -0.25) is 6.29 Å². The predicted molar refractivity (Wildman–Crippen MR) is 232 cm³/mol. The number of phenolic OH excluding ortho intramolecular Hbond substituents is 1. The van der Waals surface area contributed by atoms with Crippen molar-refractivity contribution in [1.29, 1.82) is 0 Å². The number of hydrogen-bond acceptors (Lipinski definition) is 10. The van der Waals surface area contributed by atoms with Crippen LogP contribution in [0.3, 0.4) is 0 Å². The van der Waals surface area contributed by atoms with E-state index in [1.54, 1.807) is 79.3 Å². The Labute approximate surface area is 428 Å². The van der Waals surface area contributed by atoms with Crippen LogP contribution in [0.15, 0.2) is 121 Å². The van der Waals surface area contributed by atoms with Gasteiger partial charge in [0.05, 0.1) is 4.70 Å². The average Bonchev–Trinajstić information content (AvgIpc) is 4.02. The van der Waals surface area contributed by atoms with Crippen LogP contribution in [0, 0.1) is 0 Å². The average molecular weight is 1310 g/mol. The van der Waals surface area contributed by atoms with Crippen molar-refractivity contribution in [3.63, 3.8) is 0 Å². The topological polar surface area (TPSA) is 111 Å². The van der Waals surface area contributed by atoms with Gasteiger partial charge in [-0.2, -0.15) is 30.8 Å². The van der Waals surface area contributed by atoms with E-state index in [1.165, 1.54) is 28.4 Å². The van der Waals surface area contributed by atoms with Crippen LogP contribution in [0.2, 0.25) is 15.1 Å². The second kappa shape index (κ2) is 40.6. The molecule has 7 aromatic rings. The molecule has 353 valence electrons. The number of benzene rings is 3. The summed E-state index contributed by atoms with van der Waals surface area (Å²) in [5.41, 5.74) is 1.82. The quantitative estimate of drug-likeness (QED) is 0.104. The fourth-order valence-electron chi connectivity index (χ4n) is 3.16. The summed E-state index contributed by atoms with van der Waals surface area (Å²) < 4.78 is 83.7. The third kappa shape index (κ3) is 35.5. The number of hydrogen-bond donors (Lipinski definition) is 1. The molecule has 0 bridgehead atoms. The molecule has 4 heterocycles. The van der Waals surface area contributed by atoms with Crippen molar-refractivity contribution in [1.82, 2.24) is 0 Å². The molecule has 0 unspecified atom stereocenters. The molecule has 7 nitrogen and oxygen atoms in total. The van der Waals surface area contributed by atoms with Crippen molar-refractivity contribution in [3.8, 4) is 17.2 Å². The number of alkyl halides is 6. The molecule has 0 amide bonds. The third-order valence-electron chi connectivity index (χ3n) is 5.09. The van der Waals surface area contributed by atoms with Gasteiger partial charge in [0, 0.05) is 41.8 Å². The molecule has 0 aliphatic rings. The molecule has 62 heavy (non-hydrogen) atoms. The molecular formula is C38H31AgBrCl4CuF6O7PdS3-. The van der Waals surface area contributed by atoms with Gasteiger partial charge in [-0.15, -0.1) is 22.7 Å². The van der Waals surface area contributed by atoms with E-state index in [1.807, 2.05) is 81.5 Å². The SMILES string of the molecule is Brc1ccsc1.C.C.C[C-]=O.Clc1ccc2c(c1)oc1ccsc12.Clc1cccc(Oc2ccsc2)c1.O=[C-]C(F)(F)F.O=[C-]C(F)(F)F.Oc1cccc(Cl)c1.[Cl][Cu].[O]=[Ag].[Pd+2]. The van der Waals surface area contributed by atoms with E-state index in [9.17, 15) is 26.3 Å². The van der Waals surface area contributed by atoms with Crippen molar-refractivity contribution < 1.29 is 115 Å². The fourth-order valence-corrected chi connectivity index (χ4v) is 6.23. The first-order valence-corrected chi connectivity index (χ1v) is 21.1. The first-order valence-electron chi connectivity index (χ1n) is 14.5. The zero-order valence-corrected chi connectivity index (χ0v) is 40.2. The maximum absolute atomic E-state index is 10.4. The van der Waals surface area contributed by atoms with Crippen molar-refractivity contribution in [3.05, 3.63) is 131 Å². The molecule has 4 aromatic heterocycles. The molecule has 7 rings (SSSR count). The molecule has 0 spiro atoms. The molecule has 0 atom stereocenters. The maximum atomic E-state index is 10.4. The Morgan fingerprint density at radius 2 is 1.19 bits per heavy atom. The standard InChI is InChI=1S/C10H5ClOS.C10H7ClOS.C6H5ClO.C4H3BrS.2C2F3O.C2H3O.2CH4.Ag.ClH.Cu.O.Pd/c11-6-1-2-7-9(5-6)12-8-3-4-13-10(7)8;11-8-2-1-3-9(6-8)12-10-4-5-13-7-10;7-5-2-1-3-6(8)4-5;5-4-1-2-6-3-4;2*3-2(4,5)1-6;1-2-3;;;;;;;/h1-5H;1-7H;1-4,8H;1-3H;;;1H3;2*1H4;;1H;;;/q;;;;3*-1;;;;;+1;;+2/p-1. The van der Waals surface area contributed by atoms with Gasteiger partial charge in [0.1, 0.15) is 28.4 Å². The van der Waals surface area contributed by atoms with Gasteiger partial charge in [0.25, 0.3) is 12.4 Å². The molecule has 1 N–H and O–H groups in total. The summed E-state index contributed by atoms with van der Waals surface area (Å²) in [5, 5.41) is 21.9. The smallest absolute Gasteiger partial charge is 2.00 e. The van der Waals surface area contributed by atoms with Crippen LogP contribution < -0.4 is 4.74 Å². The first kappa shape index (κ1) is 69.2. The van der Waals surface area contributed by atoms with Crippen LogP contribution >= 0.6 is 94.8 Å². The molecule has 0 aliphatic heterocycles. The van der Waals surface area contributed by atoms with Gasteiger partial charge in [0.2, 0.25) is 0 Å². The van der Waals surface area contributed by atoms with Crippen molar-refractivity contribution >= 4 is 135 Å². The summed E-state index contributed by atoms with van der Waals surface area (Å²) in [6.07, 6.45) is -8.32. The van der Waals surface area contributed by atoms with E-state index in [0.717, 1.165) is 28.1 Å². The Bertz CT molecular complexity index is 2130. The zero-order chi connectivity index (χ0) is 45.4. The Morgan fingerprint density at radius 3 is 1.58 bits per heavy atom. The second-order valence-corrected chi connectivity index (χ2v) is 13.9. The van der Waals surface area contributed by atoms with E-state index in [0.29, 0.717) is 15.1 Å². The molecule has 0 radical (unpaired) electrons. The molecule has 24 heteroatoms. The van der Waals surface area contributed by atoms with E-state index in [-0.39, 0.29) is 53.6 Å². The Hall–Kier alpha value is -1.89. The normalized spacial score (nSPS) is 9.10. The van der Waals surface area contributed by atoms with E-state index >= 15 is 0 Å². The Balaban J connectivity index is -0.000000208. The van der Waals surface area contributed by atoms with Crippen LogP contribution in [0.5, 0.6) is 17.2 Å². The van der Waals surface area contributed by atoms with Crippen LogP contribution in [0.4, 0.5) is 26.3 Å². The summed E-state index contributed by atoms with van der Waals surface area (Å²) in [5.74, 6) is 1.83. The number of carbonyl (C=O) groups excluding carboxylic acids is 3. The van der Waals surface area contributed by atoms with E-state index < -0.39 is 12.4 Å². The van der Waals surface area contributed by atoms with Gasteiger partial charge in [0.15, 0.2) is 0 Å². The number of thiophene rings is 3. The van der Waals surface area contributed by atoms with Gasteiger partial charge in [-0.25, -0.2) is 26.3 Å². The summed E-state index contributed by atoms with van der Waals surface area (Å²) in [6, 6.07) is 25.5. The van der Waals surface area contributed by atoms with Gasteiger partial charge in [-0.1, -0.05) is 61.8 Å². The second-order valence-electron chi connectivity index (χ2n) is 9.20. The number of phenols is 1. The predicted octanol–water partition coefficient (Wildman–Crippen LogP) is 16.3. The van der Waals surface area contributed by atoms with Crippen LogP contribution in [0.1, 0.15) is 21.8 Å². The Morgan fingerprint density at radius 1 is 0.710 bits per heavy atom. The number of fused-ring (bicyclic) bond motifs is 3. The number of halogens is 11. The van der Waals surface area contributed by atoms with Crippen LogP contribution in [-0.4, -0.2) is 36.3 Å². The van der Waals surface area contributed by atoms with Gasteiger partial charge < -0.3 is 28.6 Å². The van der Waals surface area contributed by atoms with Gasteiger partial charge >= 0.3 is 69.9 Å².